The van der Waals surface area contributed by atoms with Crippen LogP contribution < -0.4 is 0 Å². The third-order valence-corrected chi connectivity index (χ3v) is 2.40. The maximum absolute atomic E-state index is 11.9. The number of hydrogen-bond donors (Lipinski definition) is 0. The summed E-state index contributed by atoms with van der Waals surface area (Å²) in [6, 6.07) is 0. The van der Waals surface area contributed by atoms with E-state index in [1.807, 2.05) is 6.92 Å². The molecule has 0 aromatic rings. The number of alkyl halides is 3. The largest absolute Gasteiger partial charge is 0.412 e. The van der Waals surface area contributed by atoms with Gasteiger partial charge in [0.05, 0.1) is 0 Å². The second-order valence-electron chi connectivity index (χ2n) is 2.46. The predicted molar refractivity (Wildman–Crippen MR) is 47.4 cm³/mol. The molecule has 0 unspecified atom stereocenters. The Hall–Kier alpha value is -0.120. The van der Waals surface area contributed by atoms with E-state index in [-0.39, 0.29) is 0 Å². The molecule has 0 nitrogen and oxygen atoms in total. The van der Waals surface area contributed by atoms with Gasteiger partial charge in [-0.2, -0.15) is 24.9 Å². The topological polar surface area (TPSA) is 0 Å². The first-order valence-electron chi connectivity index (χ1n) is 3.80. The van der Waals surface area contributed by atoms with Crippen molar-refractivity contribution in [2.75, 3.05) is 11.5 Å². The number of allylic oxidation sites excluding steroid dienone is 1. The third kappa shape index (κ3) is 5.52. The van der Waals surface area contributed by atoms with E-state index in [1.165, 1.54) is 17.8 Å². The summed E-state index contributed by atoms with van der Waals surface area (Å²) in [4.78, 5) is 0. The first-order valence-corrected chi connectivity index (χ1v) is 4.95. The summed E-state index contributed by atoms with van der Waals surface area (Å²) >= 11 is 1.52. The zero-order valence-electron chi connectivity index (χ0n) is 7.24. The molecule has 0 aromatic heterocycles. The van der Waals surface area contributed by atoms with Gasteiger partial charge in [0.15, 0.2) is 0 Å². The van der Waals surface area contributed by atoms with Gasteiger partial charge in [-0.15, -0.1) is 0 Å². The van der Waals surface area contributed by atoms with E-state index in [9.17, 15) is 13.2 Å². The van der Waals surface area contributed by atoms with Gasteiger partial charge in [0.25, 0.3) is 0 Å². The molecule has 0 aliphatic heterocycles. The summed E-state index contributed by atoms with van der Waals surface area (Å²) in [6.45, 7) is 3.11. The van der Waals surface area contributed by atoms with Crippen LogP contribution in [-0.4, -0.2) is 17.7 Å². The van der Waals surface area contributed by atoms with Crippen LogP contribution in [0.15, 0.2) is 11.6 Å². The zero-order chi connectivity index (χ0) is 9.61. The van der Waals surface area contributed by atoms with Crippen molar-refractivity contribution >= 4 is 11.8 Å². The van der Waals surface area contributed by atoms with E-state index in [0.29, 0.717) is 5.75 Å². The fourth-order valence-electron chi connectivity index (χ4n) is 0.527. The van der Waals surface area contributed by atoms with Crippen molar-refractivity contribution in [3.05, 3.63) is 11.6 Å². The molecule has 0 aliphatic rings. The zero-order valence-corrected chi connectivity index (χ0v) is 8.06. The summed E-state index contributed by atoms with van der Waals surface area (Å²) in [6.07, 6.45) is -1.91. The lowest BCUT2D eigenvalue weighted by Gasteiger charge is -2.05. The quantitative estimate of drug-likeness (QED) is 0.491. The Morgan fingerprint density at radius 2 is 2.00 bits per heavy atom. The van der Waals surface area contributed by atoms with Crippen LogP contribution in [0.1, 0.15) is 20.3 Å². The van der Waals surface area contributed by atoms with Crippen molar-refractivity contribution in [1.82, 2.24) is 0 Å². The van der Waals surface area contributed by atoms with Gasteiger partial charge < -0.3 is 0 Å². The van der Waals surface area contributed by atoms with Crippen LogP contribution in [-0.2, 0) is 0 Å². The monoisotopic (exact) mass is 198 g/mol. The smallest absolute Gasteiger partial charge is 0.167 e. The standard InChI is InChI=1S/C8H13F3S/c1-3-5-12-6-4-7(2)8(9,10)11/h4H,3,5-6H2,1-2H3/b7-4+. The average Bonchev–Trinajstić information content (AvgIpc) is 1.96. The first-order chi connectivity index (χ1) is 5.48. The van der Waals surface area contributed by atoms with Crippen molar-refractivity contribution in [2.24, 2.45) is 0 Å². The molecule has 0 radical (unpaired) electrons. The molecule has 4 heteroatoms. The van der Waals surface area contributed by atoms with Crippen molar-refractivity contribution < 1.29 is 13.2 Å². The highest BCUT2D eigenvalue weighted by molar-refractivity contribution is 7.99. The van der Waals surface area contributed by atoms with Gasteiger partial charge in [-0.25, -0.2) is 0 Å². The van der Waals surface area contributed by atoms with Crippen molar-refractivity contribution in [3.8, 4) is 0 Å². The summed E-state index contributed by atoms with van der Waals surface area (Å²) in [7, 11) is 0. The maximum Gasteiger partial charge on any atom is 0.412 e. The lowest BCUT2D eigenvalue weighted by atomic mass is 10.3. The van der Waals surface area contributed by atoms with Gasteiger partial charge in [-0.3, -0.25) is 0 Å². The fourth-order valence-corrected chi connectivity index (χ4v) is 1.35. The molecule has 0 atom stereocenters. The summed E-state index contributed by atoms with van der Waals surface area (Å²) in [5.41, 5.74) is -0.494. The second kappa shape index (κ2) is 5.51. The molecule has 0 aromatic carbocycles. The van der Waals surface area contributed by atoms with Crippen LogP contribution in [0.3, 0.4) is 0 Å². The van der Waals surface area contributed by atoms with Crippen molar-refractivity contribution in [1.29, 1.82) is 0 Å². The minimum absolute atomic E-state index is 0.458. The highest BCUT2D eigenvalue weighted by atomic mass is 32.2. The molecular weight excluding hydrogens is 185 g/mol. The van der Waals surface area contributed by atoms with Crippen LogP contribution >= 0.6 is 11.8 Å². The minimum atomic E-state index is -4.15. The van der Waals surface area contributed by atoms with Gasteiger partial charge in [0.1, 0.15) is 0 Å². The fraction of sp³-hybridized carbons (Fsp3) is 0.750. The SMILES string of the molecule is CCCSC/C=C(\C)C(F)(F)F. The molecule has 0 bridgehead atoms. The Bertz CT molecular complexity index is 149. The van der Waals surface area contributed by atoms with E-state index in [1.54, 1.807) is 0 Å². The molecule has 0 aliphatic carbocycles. The molecule has 0 rings (SSSR count). The molecule has 72 valence electrons. The summed E-state index contributed by atoms with van der Waals surface area (Å²) < 4.78 is 35.6. The average molecular weight is 198 g/mol. The Kier molecular flexibility index (Phi) is 5.46. The Balaban J connectivity index is 3.70. The van der Waals surface area contributed by atoms with Crippen LogP contribution in [0.4, 0.5) is 13.2 Å². The van der Waals surface area contributed by atoms with Gasteiger partial charge in [-0.1, -0.05) is 13.0 Å². The molecule has 0 fully saturated rings. The van der Waals surface area contributed by atoms with E-state index in [0.717, 1.165) is 19.1 Å². The summed E-state index contributed by atoms with van der Waals surface area (Å²) in [5.74, 6) is 1.38. The van der Waals surface area contributed by atoms with Crippen molar-refractivity contribution in [3.63, 3.8) is 0 Å². The Morgan fingerprint density at radius 1 is 1.42 bits per heavy atom. The number of hydrogen-bond acceptors (Lipinski definition) is 1. The molecule has 0 amide bonds. The minimum Gasteiger partial charge on any atom is -0.167 e. The number of rotatable bonds is 4. The normalized spacial score (nSPS) is 13.6. The summed E-state index contributed by atoms with van der Waals surface area (Å²) in [5, 5.41) is 0. The highest BCUT2D eigenvalue weighted by Gasteiger charge is 2.29. The van der Waals surface area contributed by atoms with Crippen LogP contribution in [0, 0.1) is 0 Å². The molecular formula is C8H13F3S. The molecule has 0 saturated carbocycles. The van der Waals surface area contributed by atoms with E-state index in [4.69, 9.17) is 0 Å². The van der Waals surface area contributed by atoms with Gasteiger partial charge in [0.2, 0.25) is 0 Å². The molecule has 0 saturated heterocycles. The van der Waals surface area contributed by atoms with Gasteiger partial charge >= 0.3 is 6.18 Å². The van der Waals surface area contributed by atoms with Gasteiger partial charge in [-0.05, 0) is 19.1 Å². The van der Waals surface area contributed by atoms with Crippen LogP contribution in [0.5, 0.6) is 0 Å². The molecule has 0 heterocycles. The Morgan fingerprint density at radius 3 is 2.42 bits per heavy atom. The number of thioether (sulfide) groups is 1. The lowest BCUT2D eigenvalue weighted by Crippen LogP contribution is -2.08. The van der Waals surface area contributed by atoms with Crippen LogP contribution in [0.2, 0.25) is 0 Å². The third-order valence-electron chi connectivity index (χ3n) is 1.30. The molecule has 0 spiro atoms. The van der Waals surface area contributed by atoms with E-state index < -0.39 is 11.7 Å². The van der Waals surface area contributed by atoms with Gasteiger partial charge in [0, 0.05) is 11.3 Å². The highest BCUT2D eigenvalue weighted by Crippen LogP contribution is 2.25. The molecule has 12 heavy (non-hydrogen) atoms. The second-order valence-corrected chi connectivity index (χ2v) is 3.61. The lowest BCUT2D eigenvalue weighted by molar-refractivity contribution is -0.0914. The Labute approximate surface area is 75.2 Å². The van der Waals surface area contributed by atoms with Crippen molar-refractivity contribution in [2.45, 2.75) is 26.4 Å². The van der Waals surface area contributed by atoms with E-state index >= 15 is 0 Å². The predicted octanol–water partition coefficient (Wildman–Crippen LogP) is 3.64. The van der Waals surface area contributed by atoms with E-state index in [2.05, 4.69) is 0 Å². The van der Waals surface area contributed by atoms with Crippen LogP contribution in [0.25, 0.3) is 0 Å². The molecule has 0 N–H and O–H groups in total. The maximum atomic E-state index is 11.9. The number of halogens is 3. The first kappa shape index (κ1) is 11.9.